The smallest absolute Gasteiger partial charge is 0.381 e. The number of anilines is 1. The maximum absolute atomic E-state index is 13.3. The lowest BCUT2D eigenvalue weighted by atomic mass is 9.99. The molecular weight excluding hydrogens is 397 g/mol. The van der Waals surface area contributed by atoms with Crippen LogP contribution in [-0.4, -0.2) is 4.98 Å². The van der Waals surface area contributed by atoms with E-state index in [9.17, 15) is 13.2 Å². The van der Waals surface area contributed by atoms with Gasteiger partial charge in [0.05, 0.1) is 11.1 Å². The molecule has 0 aliphatic carbocycles. The Hall–Kier alpha value is -3.05. The van der Waals surface area contributed by atoms with Crippen molar-refractivity contribution in [2.24, 2.45) is 0 Å². The molecule has 0 bridgehead atoms. The van der Waals surface area contributed by atoms with E-state index in [0.29, 0.717) is 22.5 Å². The Morgan fingerprint density at radius 1 is 0.897 bits per heavy atom. The molecule has 0 amide bonds. The van der Waals surface area contributed by atoms with E-state index in [0.717, 1.165) is 22.9 Å². The van der Waals surface area contributed by atoms with Gasteiger partial charge in [-0.1, -0.05) is 54.1 Å². The van der Waals surface area contributed by atoms with Crippen molar-refractivity contribution in [3.63, 3.8) is 0 Å². The molecule has 1 aromatic heterocycles. The van der Waals surface area contributed by atoms with Crippen molar-refractivity contribution in [1.29, 1.82) is 0 Å². The van der Waals surface area contributed by atoms with Crippen molar-refractivity contribution < 1.29 is 13.2 Å². The third kappa shape index (κ3) is 4.05. The van der Waals surface area contributed by atoms with Crippen LogP contribution in [0.2, 0.25) is 5.02 Å². The number of hydrogen-bond donors (Lipinski definition) is 1. The van der Waals surface area contributed by atoms with E-state index in [2.05, 4.69) is 10.3 Å². The highest BCUT2D eigenvalue weighted by atomic mass is 35.5. The average molecular weight is 413 g/mol. The van der Waals surface area contributed by atoms with E-state index >= 15 is 0 Å². The van der Waals surface area contributed by atoms with Crippen LogP contribution in [0.4, 0.5) is 18.9 Å². The van der Waals surface area contributed by atoms with Gasteiger partial charge in [0.2, 0.25) is 0 Å². The second-order valence-electron chi connectivity index (χ2n) is 6.58. The number of nitrogens with zero attached hydrogens (tertiary/aromatic N) is 1. The second-order valence-corrected chi connectivity index (χ2v) is 6.99. The van der Waals surface area contributed by atoms with Gasteiger partial charge in [-0.15, -0.1) is 0 Å². The molecular formula is C23H16ClF3N2. The minimum absolute atomic E-state index is 0.0491. The molecule has 29 heavy (non-hydrogen) atoms. The summed E-state index contributed by atoms with van der Waals surface area (Å²) >= 11 is 6.20. The summed E-state index contributed by atoms with van der Waals surface area (Å²) in [5, 5.41) is 4.46. The molecule has 0 atom stereocenters. The van der Waals surface area contributed by atoms with Crippen molar-refractivity contribution in [1.82, 2.24) is 4.98 Å². The number of pyridine rings is 1. The summed E-state index contributed by atoms with van der Waals surface area (Å²) in [6, 6.07) is 21.0. The van der Waals surface area contributed by atoms with Crippen molar-refractivity contribution in [3.05, 3.63) is 95.1 Å². The second kappa shape index (κ2) is 7.76. The van der Waals surface area contributed by atoms with Crippen molar-refractivity contribution >= 4 is 28.2 Å². The number of halogens is 4. The van der Waals surface area contributed by atoms with Crippen LogP contribution in [0.3, 0.4) is 0 Å². The number of rotatable bonds is 4. The standard InChI is InChI=1S/C23H16ClF3N2/c24-21-10-2-1-5-16(21)14-29-17-7-3-6-15(13-17)18-11-12-28-22-19(18)8-4-9-20(22)23(25,26)27/h1-13,29H,14H2. The molecule has 6 heteroatoms. The Morgan fingerprint density at radius 3 is 2.48 bits per heavy atom. The zero-order valence-corrected chi connectivity index (χ0v) is 15.9. The third-order valence-corrected chi connectivity index (χ3v) is 5.06. The molecule has 2 nitrogen and oxygen atoms in total. The first kappa shape index (κ1) is 19.3. The Balaban J connectivity index is 1.70. The molecule has 0 spiro atoms. The van der Waals surface area contributed by atoms with Crippen LogP contribution < -0.4 is 5.32 Å². The van der Waals surface area contributed by atoms with Gasteiger partial charge in [0.15, 0.2) is 0 Å². The van der Waals surface area contributed by atoms with Crippen LogP contribution in [0, 0.1) is 0 Å². The topological polar surface area (TPSA) is 24.9 Å². The Morgan fingerprint density at radius 2 is 1.69 bits per heavy atom. The zero-order chi connectivity index (χ0) is 20.4. The van der Waals surface area contributed by atoms with Crippen LogP contribution in [-0.2, 0) is 12.7 Å². The van der Waals surface area contributed by atoms with Crippen molar-refractivity contribution in [2.45, 2.75) is 12.7 Å². The van der Waals surface area contributed by atoms with E-state index in [4.69, 9.17) is 11.6 Å². The SMILES string of the molecule is FC(F)(F)c1cccc2c(-c3cccc(NCc4ccccc4Cl)c3)ccnc12. The summed E-state index contributed by atoms with van der Waals surface area (Å²) in [6.45, 7) is 0.540. The van der Waals surface area contributed by atoms with E-state index < -0.39 is 11.7 Å². The predicted molar refractivity (Wildman–Crippen MR) is 111 cm³/mol. The van der Waals surface area contributed by atoms with Crippen LogP contribution in [0.25, 0.3) is 22.0 Å². The first-order chi connectivity index (χ1) is 13.9. The van der Waals surface area contributed by atoms with Gasteiger partial charge in [0.1, 0.15) is 0 Å². The molecule has 4 rings (SSSR count). The fourth-order valence-electron chi connectivity index (χ4n) is 3.29. The highest BCUT2D eigenvalue weighted by Crippen LogP contribution is 2.37. The highest BCUT2D eigenvalue weighted by molar-refractivity contribution is 6.31. The van der Waals surface area contributed by atoms with Crippen molar-refractivity contribution in [3.8, 4) is 11.1 Å². The number of para-hydroxylation sites is 1. The van der Waals surface area contributed by atoms with E-state index in [-0.39, 0.29) is 5.52 Å². The molecule has 146 valence electrons. The lowest BCUT2D eigenvalue weighted by Gasteiger charge is -2.13. The number of aromatic nitrogens is 1. The maximum Gasteiger partial charge on any atom is 0.418 e. The number of alkyl halides is 3. The number of benzene rings is 3. The van der Waals surface area contributed by atoms with E-state index in [1.165, 1.54) is 12.3 Å². The van der Waals surface area contributed by atoms with Crippen molar-refractivity contribution in [2.75, 3.05) is 5.32 Å². The van der Waals surface area contributed by atoms with Gasteiger partial charge in [-0.05, 0) is 47.0 Å². The fourth-order valence-corrected chi connectivity index (χ4v) is 3.49. The summed E-state index contributed by atoms with van der Waals surface area (Å²) in [6.07, 6.45) is -3.04. The summed E-state index contributed by atoms with van der Waals surface area (Å²) in [7, 11) is 0. The van der Waals surface area contributed by atoms with E-state index in [1.54, 1.807) is 12.1 Å². The maximum atomic E-state index is 13.3. The molecule has 0 unspecified atom stereocenters. The van der Waals surface area contributed by atoms with Crippen LogP contribution in [0.15, 0.2) is 79.0 Å². The molecule has 1 heterocycles. The lowest BCUT2D eigenvalue weighted by Crippen LogP contribution is -2.06. The highest BCUT2D eigenvalue weighted by Gasteiger charge is 2.33. The Labute approximate surface area is 171 Å². The normalized spacial score (nSPS) is 11.6. The van der Waals surface area contributed by atoms with Crippen LogP contribution >= 0.6 is 11.6 Å². The number of nitrogens with one attached hydrogen (secondary N) is 1. The summed E-state index contributed by atoms with van der Waals surface area (Å²) < 4.78 is 40.0. The molecule has 4 aromatic rings. The Kier molecular flexibility index (Phi) is 5.16. The zero-order valence-electron chi connectivity index (χ0n) is 15.2. The minimum atomic E-state index is -4.45. The average Bonchev–Trinajstić information content (AvgIpc) is 2.72. The quantitative estimate of drug-likeness (QED) is 0.383. The first-order valence-electron chi connectivity index (χ1n) is 8.96. The largest absolute Gasteiger partial charge is 0.418 e. The molecule has 1 N–H and O–H groups in total. The van der Waals surface area contributed by atoms with Gasteiger partial charge in [0.25, 0.3) is 0 Å². The Bertz CT molecular complexity index is 1170. The number of hydrogen-bond acceptors (Lipinski definition) is 2. The molecule has 0 radical (unpaired) electrons. The molecule has 0 saturated heterocycles. The summed E-state index contributed by atoms with van der Waals surface area (Å²) in [4.78, 5) is 3.99. The fraction of sp³-hybridized carbons (Fsp3) is 0.0870. The van der Waals surface area contributed by atoms with Gasteiger partial charge < -0.3 is 5.32 Å². The lowest BCUT2D eigenvalue weighted by molar-refractivity contribution is -0.136. The van der Waals surface area contributed by atoms with Crippen LogP contribution in [0.5, 0.6) is 0 Å². The monoisotopic (exact) mass is 412 g/mol. The van der Waals surface area contributed by atoms with Gasteiger partial charge in [-0.2, -0.15) is 13.2 Å². The third-order valence-electron chi connectivity index (χ3n) is 4.69. The molecule has 3 aromatic carbocycles. The van der Waals surface area contributed by atoms with Gasteiger partial charge in [-0.25, -0.2) is 0 Å². The first-order valence-corrected chi connectivity index (χ1v) is 9.34. The summed E-state index contributed by atoms with van der Waals surface area (Å²) in [5.74, 6) is 0. The molecule has 0 aliphatic rings. The van der Waals surface area contributed by atoms with Gasteiger partial charge in [0, 0.05) is 28.8 Å². The molecule has 0 saturated carbocycles. The van der Waals surface area contributed by atoms with Crippen LogP contribution in [0.1, 0.15) is 11.1 Å². The van der Waals surface area contributed by atoms with Gasteiger partial charge >= 0.3 is 6.18 Å². The van der Waals surface area contributed by atoms with E-state index in [1.807, 2.05) is 48.5 Å². The van der Waals surface area contributed by atoms with Gasteiger partial charge in [-0.3, -0.25) is 4.98 Å². The molecule has 0 fully saturated rings. The summed E-state index contributed by atoms with van der Waals surface area (Å²) in [5.41, 5.74) is 2.53. The minimum Gasteiger partial charge on any atom is -0.381 e. The number of fused-ring (bicyclic) bond motifs is 1. The predicted octanol–water partition coefficient (Wildman–Crippen LogP) is 7.19. The molecule has 0 aliphatic heterocycles.